The maximum atomic E-state index is 11.4. The van der Waals surface area contributed by atoms with Gasteiger partial charge in [-0.05, 0) is 25.3 Å². The molecule has 0 bridgehead atoms. The number of fused-ring (bicyclic) bond motifs is 1. The van der Waals surface area contributed by atoms with Gasteiger partial charge in [-0.15, -0.1) is 0 Å². The standard InChI is InChI=1S/C18H26N4O2/c1-2-3-12-24-18(23)21-11-7-6-10-20-17-14-8-4-5-9-16(14)22-13-15(17)19/h4-5,8-9,13H,2-3,6-7,10-12,19H2,1H3,(H,20,22)(H,21,23). The summed E-state index contributed by atoms with van der Waals surface area (Å²) in [4.78, 5) is 15.7. The molecule has 24 heavy (non-hydrogen) atoms. The minimum absolute atomic E-state index is 0.333. The van der Waals surface area contributed by atoms with Crippen LogP contribution in [0.4, 0.5) is 16.2 Å². The fourth-order valence-corrected chi connectivity index (χ4v) is 2.37. The number of nitrogens with one attached hydrogen (secondary N) is 2. The number of amides is 1. The Balaban J connectivity index is 1.70. The highest BCUT2D eigenvalue weighted by molar-refractivity contribution is 5.96. The van der Waals surface area contributed by atoms with Gasteiger partial charge >= 0.3 is 6.09 Å². The molecule has 0 saturated heterocycles. The van der Waals surface area contributed by atoms with Crippen molar-refractivity contribution in [3.05, 3.63) is 30.5 Å². The van der Waals surface area contributed by atoms with Gasteiger partial charge in [0.15, 0.2) is 0 Å². The van der Waals surface area contributed by atoms with Crippen LogP contribution in [0, 0.1) is 0 Å². The first-order valence-corrected chi connectivity index (χ1v) is 8.50. The second-order valence-corrected chi connectivity index (χ2v) is 5.66. The molecule has 1 amide bonds. The summed E-state index contributed by atoms with van der Waals surface area (Å²) in [6.45, 7) is 3.94. The number of anilines is 2. The number of aromatic nitrogens is 1. The first-order chi connectivity index (χ1) is 11.7. The summed E-state index contributed by atoms with van der Waals surface area (Å²) in [5.41, 5.74) is 8.52. The van der Waals surface area contributed by atoms with Gasteiger partial charge in [0.25, 0.3) is 0 Å². The molecule has 0 saturated carbocycles. The molecule has 1 aromatic carbocycles. The number of hydrogen-bond acceptors (Lipinski definition) is 5. The van der Waals surface area contributed by atoms with Crippen LogP contribution in [0.15, 0.2) is 30.5 Å². The molecule has 2 rings (SSSR count). The van der Waals surface area contributed by atoms with Crippen LogP contribution >= 0.6 is 0 Å². The molecule has 0 atom stereocenters. The van der Waals surface area contributed by atoms with Gasteiger partial charge in [0.1, 0.15) is 0 Å². The molecule has 0 fully saturated rings. The molecule has 0 spiro atoms. The number of ether oxygens (including phenoxy) is 1. The Morgan fingerprint density at radius 2 is 2.00 bits per heavy atom. The fraction of sp³-hybridized carbons (Fsp3) is 0.444. The number of nitrogens with zero attached hydrogens (tertiary/aromatic N) is 1. The van der Waals surface area contributed by atoms with Gasteiger partial charge in [-0.25, -0.2) is 4.79 Å². The number of rotatable bonds is 9. The first-order valence-electron chi connectivity index (χ1n) is 8.50. The number of carbonyl (C=O) groups is 1. The molecule has 0 aliphatic heterocycles. The number of pyridine rings is 1. The van der Waals surface area contributed by atoms with Crippen molar-refractivity contribution in [2.45, 2.75) is 32.6 Å². The predicted octanol–water partition coefficient (Wildman–Crippen LogP) is 3.54. The third kappa shape index (κ3) is 5.30. The van der Waals surface area contributed by atoms with Crippen LogP contribution < -0.4 is 16.4 Å². The van der Waals surface area contributed by atoms with E-state index in [1.165, 1.54) is 0 Å². The number of alkyl carbamates (subject to hydrolysis) is 1. The van der Waals surface area contributed by atoms with Crippen molar-refractivity contribution in [3.63, 3.8) is 0 Å². The number of hydrogen-bond donors (Lipinski definition) is 3. The summed E-state index contributed by atoms with van der Waals surface area (Å²) < 4.78 is 5.03. The van der Waals surface area contributed by atoms with Crippen molar-refractivity contribution < 1.29 is 9.53 Å². The number of nitrogen functional groups attached to an aromatic ring is 1. The van der Waals surface area contributed by atoms with Crippen LogP contribution in [0.2, 0.25) is 0 Å². The largest absolute Gasteiger partial charge is 0.450 e. The molecule has 130 valence electrons. The number of nitrogens with two attached hydrogens (primary N) is 1. The Kier molecular flexibility index (Phi) is 7.14. The van der Waals surface area contributed by atoms with E-state index in [4.69, 9.17) is 10.5 Å². The third-order valence-electron chi connectivity index (χ3n) is 3.71. The molecule has 4 N–H and O–H groups in total. The van der Waals surface area contributed by atoms with E-state index >= 15 is 0 Å². The minimum Gasteiger partial charge on any atom is -0.450 e. The molecule has 6 heteroatoms. The highest BCUT2D eigenvalue weighted by Crippen LogP contribution is 2.27. The Hall–Kier alpha value is -2.50. The van der Waals surface area contributed by atoms with Crippen molar-refractivity contribution in [3.8, 4) is 0 Å². The van der Waals surface area contributed by atoms with Crippen LogP contribution in [0.25, 0.3) is 10.9 Å². The molecule has 0 radical (unpaired) electrons. The van der Waals surface area contributed by atoms with Crippen molar-refractivity contribution in [2.75, 3.05) is 30.7 Å². The number of unbranched alkanes of at least 4 members (excludes halogenated alkanes) is 2. The molecule has 2 aromatic rings. The van der Waals surface area contributed by atoms with E-state index < -0.39 is 0 Å². The maximum Gasteiger partial charge on any atom is 0.407 e. The van der Waals surface area contributed by atoms with Gasteiger partial charge in [0.05, 0.1) is 29.7 Å². The normalized spacial score (nSPS) is 10.5. The van der Waals surface area contributed by atoms with Gasteiger partial charge in [-0.1, -0.05) is 31.5 Å². The number of para-hydroxylation sites is 1. The zero-order chi connectivity index (χ0) is 17.2. The molecular weight excluding hydrogens is 304 g/mol. The number of carbonyl (C=O) groups excluding carboxylic acids is 1. The van der Waals surface area contributed by atoms with Crippen molar-refractivity contribution in [1.82, 2.24) is 10.3 Å². The Morgan fingerprint density at radius 3 is 2.83 bits per heavy atom. The quantitative estimate of drug-likeness (QED) is 0.612. The zero-order valence-corrected chi connectivity index (χ0v) is 14.2. The highest BCUT2D eigenvalue weighted by Gasteiger charge is 2.05. The van der Waals surface area contributed by atoms with E-state index in [2.05, 4.69) is 22.5 Å². The summed E-state index contributed by atoms with van der Waals surface area (Å²) in [5, 5.41) is 7.16. The lowest BCUT2D eigenvalue weighted by molar-refractivity contribution is 0.144. The minimum atomic E-state index is -0.333. The van der Waals surface area contributed by atoms with Gasteiger partial charge in [0, 0.05) is 18.5 Å². The van der Waals surface area contributed by atoms with E-state index in [1.807, 2.05) is 24.3 Å². The second kappa shape index (κ2) is 9.60. The Labute approximate surface area is 142 Å². The van der Waals surface area contributed by atoms with Crippen molar-refractivity contribution >= 4 is 28.4 Å². The molecule has 0 aliphatic rings. The van der Waals surface area contributed by atoms with Crippen LogP contribution in [-0.4, -0.2) is 30.8 Å². The van der Waals surface area contributed by atoms with Gasteiger partial charge in [-0.3, -0.25) is 4.98 Å². The van der Waals surface area contributed by atoms with Crippen LogP contribution in [0.5, 0.6) is 0 Å². The van der Waals surface area contributed by atoms with Crippen molar-refractivity contribution in [2.24, 2.45) is 0 Å². The van der Waals surface area contributed by atoms with Crippen LogP contribution in [-0.2, 0) is 4.74 Å². The molecule has 1 aromatic heterocycles. The average Bonchev–Trinajstić information content (AvgIpc) is 2.59. The SMILES string of the molecule is CCCCOC(=O)NCCCCNc1c(N)cnc2ccccc12. The zero-order valence-electron chi connectivity index (χ0n) is 14.2. The van der Waals surface area contributed by atoms with Gasteiger partial charge in [-0.2, -0.15) is 0 Å². The lowest BCUT2D eigenvalue weighted by Gasteiger charge is -2.12. The van der Waals surface area contributed by atoms with Crippen LogP contribution in [0.3, 0.4) is 0 Å². The average molecular weight is 330 g/mol. The van der Waals surface area contributed by atoms with E-state index in [9.17, 15) is 4.79 Å². The summed E-state index contributed by atoms with van der Waals surface area (Å²) in [7, 11) is 0. The van der Waals surface area contributed by atoms with E-state index in [0.29, 0.717) is 18.8 Å². The summed E-state index contributed by atoms with van der Waals surface area (Å²) >= 11 is 0. The third-order valence-corrected chi connectivity index (χ3v) is 3.71. The molecular formula is C18H26N4O2. The van der Waals surface area contributed by atoms with E-state index in [-0.39, 0.29) is 6.09 Å². The van der Waals surface area contributed by atoms with E-state index in [0.717, 1.165) is 48.8 Å². The van der Waals surface area contributed by atoms with Gasteiger partial charge < -0.3 is 21.1 Å². The molecule has 0 aliphatic carbocycles. The first kappa shape index (κ1) is 17.8. The lowest BCUT2D eigenvalue weighted by Crippen LogP contribution is -2.26. The molecule has 1 heterocycles. The maximum absolute atomic E-state index is 11.4. The fourth-order valence-electron chi connectivity index (χ4n) is 2.37. The van der Waals surface area contributed by atoms with Gasteiger partial charge in [0.2, 0.25) is 0 Å². The van der Waals surface area contributed by atoms with E-state index in [1.54, 1.807) is 6.20 Å². The smallest absolute Gasteiger partial charge is 0.407 e. The topological polar surface area (TPSA) is 89.3 Å². The molecule has 0 unspecified atom stereocenters. The summed E-state index contributed by atoms with van der Waals surface area (Å²) in [6.07, 6.45) is 5.06. The Morgan fingerprint density at radius 1 is 1.21 bits per heavy atom. The number of benzene rings is 1. The highest BCUT2D eigenvalue weighted by atomic mass is 16.5. The second-order valence-electron chi connectivity index (χ2n) is 5.66. The monoisotopic (exact) mass is 330 g/mol. The lowest BCUT2D eigenvalue weighted by atomic mass is 10.1. The molecule has 6 nitrogen and oxygen atoms in total. The summed E-state index contributed by atoms with van der Waals surface area (Å²) in [6, 6.07) is 7.91. The Bertz CT molecular complexity index is 661. The summed E-state index contributed by atoms with van der Waals surface area (Å²) in [5.74, 6) is 0. The van der Waals surface area contributed by atoms with Crippen LogP contribution in [0.1, 0.15) is 32.6 Å². The predicted molar refractivity (Wildman–Crippen MR) is 98.1 cm³/mol. The van der Waals surface area contributed by atoms with Crippen molar-refractivity contribution in [1.29, 1.82) is 0 Å².